The first-order chi connectivity index (χ1) is 15.4. The largest absolute Gasteiger partial charge is 0.396 e. The maximum absolute atomic E-state index is 11.5. The average molecular weight is 455 g/mol. The Morgan fingerprint density at radius 2 is 1.84 bits per heavy atom. The lowest BCUT2D eigenvalue weighted by atomic mass is 10.1. The van der Waals surface area contributed by atoms with Gasteiger partial charge in [0.05, 0.1) is 11.9 Å². The normalized spacial score (nSPS) is 11.4. The molecular formula is C21H24N7O3S+. The minimum Gasteiger partial charge on any atom is -0.396 e. The summed E-state index contributed by atoms with van der Waals surface area (Å²) in [4.78, 5) is 15.2. The molecule has 0 unspecified atom stereocenters. The van der Waals surface area contributed by atoms with Crippen molar-refractivity contribution in [1.29, 1.82) is 0 Å². The van der Waals surface area contributed by atoms with E-state index in [4.69, 9.17) is 0 Å². The number of H-pyrrole nitrogens is 2. The zero-order valence-electron chi connectivity index (χ0n) is 17.4. The van der Waals surface area contributed by atoms with E-state index in [9.17, 15) is 13.5 Å². The summed E-state index contributed by atoms with van der Waals surface area (Å²) in [5, 5.41) is 15.8. The van der Waals surface area contributed by atoms with Crippen LogP contribution in [0.5, 0.6) is 0 Å². The summed E-state index contributed by atoms with van der Waals surface area (Å²) in [6.45, 7) is 0.607. The average Bonchev–Trinajstić information content (AvgIpc) is 3.21. The fourth-order valence-corrected chi connectivity index (χ4v) is 3.89. The highest BCUT2D eigenvalue weighted by molar-refractivity contribution is 7.92. The summed E-state index contributed by atoms with van der Waals surface area (Å²) < 4.78 is 25.4. The van der Waals surface area contributed by atoms with Gasteiger partial charge in [0.15, 0.2) is 12.1 Å². The minimum absolute atomic E-state index is 0.0850. The molecule has 0 amide bonds. The second-order valence-corrected chi connectivity index (χ2v) is 8.98. The van der Waals surface area contributed by atoms with Gasteiger partial charge in [0.2, 0.25) is 15.5 Å². The molecule has 0 aliphatic carbocycles. The Labute approximate surface area is 185 Å². The molecule has 166 valence electrons. The van der Waals surface area contributed by atoms with Gasteiger partial charge < -0.3 is 15.7 Å². The molecule has 32 heavy (non-hydrogen) atoms. The molecule has 0 atom stereocenters. The lowest BCUT2D eigenvalue weighted by Gasteiger charge is -2.11. The van der Waals surface area contributed by atoms with Gasteiger partial charge in [-0.15, -0.1) is 0 Å². The molecule has 0 aliphatic heterocycles. The van der Waals surface area contributed by atoms with Crippen LogP contribution in [0.3, 0.4) is 0 Å². The van der Waals surface area contributed by atoms with Crippen molar-refractivity contribution >= 4 is 44.3 Å². The van der Waals surface area contributed by atoms with Gasteiger partial charge in [0.1, 0.15) is 0 Å². The summed E-state index contributed by atoms with van der Waals surface area (Å²) >= 11 is 0. The number of aromatic nitrogens is 4. The van der Waals surface area contributed by atoms with Crippen molar-refractivity contribution < 1.29 is 18.5 Å². The fourth-order valence-electron chi connectivity index (χ4n) is 3.34. The highest BCUT2D eigenvalue weighted by Crippen LogP contribution is 2.23. The van der Waals surface area contributed by atoms with Crippen LogP contribution >= 0.6 is 0 Å². The monoisotopic (exact) mass is 454 g/mol. The van der Waals surface area contributed by atoms with Crippen LogP contribution in [-0.4, -0.2) is 41.3 Å². The third kappa shape index (κ3) is 5.31. The Kier molecular flexibility index (Phi) is 6.19. The van der Waals surface area contributed by atoms with E-state index in [1.807, 2.05) is 24.3 Å². The summed E-state index contributed by atoms with van der Waals surface area (Å²) in [7, 11) is -3.38. The van der Waals surface area contributed by atoms with E-state index in [0.29, 0.717) is 41.8 Å². The molecule has 0 fully saturated rings. The molecule has 2 heterocycles. The number of imidazole rings is 1. The number of sulfonamides is 1. The summed E-state index contributed by atoms with van der Waals surface area (Å²) in [6, 6.07) is 14.8. The molecular weight excluding hydrogens is 430 g/mol. The lowest BCUT2D eigenvalue weighted by Crippen LogP contribution is -2.10. The quantitative estimate of drug-likeness (QED) is 0.260. The molecule has 0 saturated heterocycles. The second-order valence-electron chi connectivity index (χ2n) is 7.23. The van der Waals surface area contributed by atoms with Gasteiger partial charge in [0, 0.05) is 18.8 Å². The van der Waals surface area contributed by atoms with Crippen LogP contribution in [0.25, 0.3) is 11.2 Å². The van der Waals surface area contributed by atoms with Crippen molar-refractivity contribution in [3.8, 4) is 0 Å². The Morgan fingerprint density at radius 1 is 1.06 bits per heavy atom. The van der Waals surface area contributed by atoms with Gasteiger partial charge in [-0.25, -0.2) is 13.4 Å². The predicted octanol–water partition coefficient (Wildman–Crippen LogP) is 2.03. The highest BCUT2D eigenvalue weighted by Gasteiger charge is 2.16. The first kappa shape index (κ1) is 21.5. The van der Waals surface area contributed by atoms with Gasteiger partial charge >= 0.3 is 11.6 Å². The van der Waals surface area contributed by atoms with Crippen LogP contribution in [0.4, 0.5) is 23.1 Å². The molecule has 6 N–H and O–H groups in total. The number of aliphatic hydroxyl groups is 1. The van der Waals surface area contributed by atoms with E-state index in [2.05, 4.69) is 35.3 Å². The number of nitrogens with zero attached hydrogens (tertiary/aromatic N) is 2. The van der Waals surface area contributed by atoms with Gasteiger partial charge in [-0.2, -0.15) is 4.98 Å². The van der Waals surface area contributed by atoms with E-state index in [1.165, 1.54) is 0 Å². The van der Waals surface area contributed by atoms with Crippen LogP contribution in [0.1, 0.15) is 11.1 Å². The van der Waals surface area contributed by atoms with Gasteiger partial charge in [-0.1, -0.05) is 35.3 Å². The van der Waals surface area contributed by atoms with Crippen molar-refractivity contribution in [1.82, 2.24) is 15.0 Å². The maximum Gasteiger partial charge on any atom is 0.307 e. The fraction of sp³-hybridized carbons (Fsp3) is 0.190. The van der Waals surface area contributed by atoms with Crippen LogP contribution in [0.15, 0.2) is 54.9 Å². The van der Waals surface area contributed by atoms with Crippen molar-refractivity contribution in [2.45, 2.75) is 13.0 Å². The zero-order valence-corrected chi connectivity index (χ0v) is 18.2. The van der Waals surface area contributed by atoms with Gasteiger partial charge in [0.25, 0.3) is 0 Å². The summed E-state index contributed by atoms with van der Waals surface area (Å²) in [5.74, 6) is 0.943. The summed E-state index contributed by atoms with van der Waals surface area (Å²) in [5.41, 5.74) is 4.54. The first-order valence-corrected chi connectivity index (χ1v) is 11.8. The predicted molar refractivity (Wildman–Crippen MR) is 123 cm³/mol. The molecule has 4 aromatic rings. The molecule has 0 saturated carbocycles. The number of hydrogen-bond acceptors (Lipinski definition) is 7. The number of benzene rings is 2. The standard InChI is InChI=1S/C21H23N7O3S/c1-32(30,31)28-17-8-4-7-16(11-17)25-21-26-19(18-20(27-21)24-13-23-18)22-12-15-6-3-2-5-14(15)9-10-29/h2-8,11,13,28-29H,9-10,12H2,1H3,(H3,22,23,24,25,26,27)/p+1. The number of anilines is 4. The molecule has 2 aromatic heterocycles. The van der Waals surface area contributed by atoms with Crippen molar-refractivity contribution in [3.05, 3.63) is 66.0 Å². The van der Waals surface area contributed by atoms with E-state index < -0.39 is 10.0 Å². The van der Waals surface area contributed by atoms with Gasteiger partial charge in [-0.3, -0.25) is 9.71 Å². The molecule has 0 bridgehead atoms. The van der Waals surface area contributed by atoms with E-state index in [1.54, 1.807) is 30.6 Å². The van der Waals surface area contributed by atoms with E-state index >= 15 is 0 Å². The zero-order chi connectivity index (χ0) is 22.6. The highest BCUT2D eigenvalue weighted by atomic mass is 32.2. The molecule has 0 spiro atoms. The Morgan fingerprint density at radius 3 is 2.62 bits per heavy atom. The SMILES string of the molecule is CS(=O)(=O)Nc1cccc(Nc2nc(NCc3ccccc3CCO)c3[nH]c[nH+]c3n2)c1. The smallest absolute Gasteiger partial charge is 0.307 e. The second kappa shape index (κ2) is 9.20. The van der Waals surface area contributed by atoms with Crippen LogP contribution < -0.4 is 20.3 Å². The Bertz CT molecular complexity index is 1340. The molecule has 0 radical (unpaired) electrons. The van der Waals surface area contributed by atoms with E-state index in [-0.39, 0.29) is 6.61 Å². The number of hydrogen-bond donors (Lipinski definition) is 5. The first-order valence-electron chi connectivity index (χ1n) is 9.94. The minimum atomic E-state index is -3.38. The number of rotatable bonds is 9. The lowest BCUT2D eigenvalue weighted by molar-refractivity contribution is -0.347. The summed E-state index contributed by atoms with van der Waals surface area (Å²) in [6.07, 6.45) is 3.35. The number of aliphatic hydroxyl groups excluding tert-OH is 1. The van der Waals surface area contributed by atoms with Crippen LogP contribution in [-0.2, 0) is 23.0 Å². The molecule has 10 nitrogen and oxygen atoms in total. The molecule has 2 aromatic carbocycles. The Hall–Kier alpha value is -3.70. The van der Waals surface area contributed by atoms with E-state index in [0.717, 1.165) is 22.9 Å². The van der Waals surface area contributed by atoms with Crippen LogP contribution in [0, 0.1) is 0 Å². The molecule has 0 aliphatic rings. The number of nitrogens with one attached hydrogen (secondary N) is 5. The number of fused-ring (bicyclic) bond motifs is 1. The van der Waals surface area contributed by atoms with Crippen molar-refractivity contribution in [2.75, 3.05) is 28.2 Å². The third-order valence-electron chi connectivity index (χ3n) is 4.70. The van der Waals surface area contributed by atoms with Crippen molar-refractivity contribution in [3.63, 3.8) is 0 Å². The maximum atomic E-state index is 11.5. The Balaban J connectivity index is 1.58. The number of aromatic amines is 2. The topological polar surface area (TPSA) is 146 Å². The van der Waals surface area contributed by atoms with Crippen molar-refractivity contribution in [2.24, 2.45) is 0 Å². The molecule has 11 heteroatoms. The van der Waals surface area contributed by atoms with Crippen LogP contribution in [0.2, 0.25) is 0 Å². The third-order valence-corrected chi connectivity index (χ3v) is 5.31. The molecule has 4 rings (SSSR count). The van der Waals surface area contributed by atoms with Gasteiger partial charge in [-0.05, 0) is 35.7 Å².